The van der Waals surface area contributed by atoms with Gasteiger partial charge in [-0.1, -0.05) is 12.1 Å². The molecule has 2 saturated heterocycles. The van der Waals surface area contributed by atoms with Gasteiger partial charge in [0, 0.05) is 37.7 Å². The van der Waals surface area contributed by atoms with E-state index in [1.54, 1.807) is 13.3 Å². The fourth-order valence-electron chi connectivity index (χ4n) is 4.44. The summed E-state index contributed by atoms with van der Waals surface area (Å²) in [5.74, 6) is 0.205. The van der Waals surface area contributed by atoms with Crippen LogP contribution in [0.5, 0.6) is 0 Å². The van der Waals surface area contributed by atoms with Gasteiger partial charge in [-0.3, -0.25) is 24.7 Å². The molecule has 0 bridgehead atoms. The van der Waals surface area contributed by atoms with Crippen molar-refractivity contribution in [3.8, 4) is 0 Å². The van der Waals surface area contributed by atoms with Gasteiger partial charge in [-0.2, -0.15) is 0 Å². The van der Waals surface area contributed by atoms with Crippen LogP contribution in [0.3, 0.4) is 0 Å². The molecule has 1 atom stereocenters. The fourth-order valence-corrected chi connectivity index (χ4v) is 4.44. The summed E-state index contributed by atoms with van der Waals surface area (Å²) in [4.78, 5) is 44.6. The van der Waals surface area contributed by atoms with Crippen LogP contribution in [-0.4, -0.2) is 61.6 Å². The highest BCUT2D eigenvalue weighted by molar-refractivity contribution is 6.01. The molecule has 10 nitrogen and oxygen atoms in total. The summed E-state index contributed by atoms with van der Waals surface area (Å²) in [7, 11) is 1.66. The zero-order valence-corrected chi connectivity index (χ0v) is 21.0. The maximum absolute atomic E-state index is 12.1. The minimum atomic E-state index is -0.298. The van der Waals surface area contributed by atoms with Crippen LogP contribution in [-0.2, 0) is 30.5 Å². The van der Waals surface area contributed by atoms with Crippen molar-refractivity contribution in [2.75, 3.05) is 43.6 Å². The standard InChI is InChI=1S/C17H18N2O3.C10H13N3O2/c1-10-14(13-5-6-16(20)19-17(13)21)8-12-4-3-11(9-22-2)7-15(12)18-10;14-8-12-9-1-2-10(11-7-9)13-3-5-15-6-4-13/h3-4,7-8,13H,5-6,9H2,1-2H3,(H,19,20,21);1-2,7-8H,3-6H2,(H,12,14). The number of methoxy groups -OCH3 is 1. The topological polar surface area (TPSA) is 123 Å². The van der Waals surface area contributed by atoms with Crippen molar-refractivity contribution in [1.29, 1.82) is 0 Å². The lowest BCUT2D eigenvalue weighted by Gasteiger charge is -2.27. The van der Waals surface area contributed by atoms with Crippen molar-refractivity contribution >= 4 is 40.6 Å². The number of aromatic nitrogens is 2. The number of hydrogen-bond donors (Lipinski definition) is 2. The van der Waals surface area contributed by atoms with Gasteiger partial charge in [0.05, 0.1) is 43.1 Å². The van der Waals surface area contributed by atoms with E-state index in [1.165, 1.54) is 0 Å². The molecule has 194 valence electrons. The van der Waals surface area contributed by atoms with Gasteiger partial charge in [-0.15, -0.1) is 0 Å². The molecule has 0 spiro atoms. The van der Waals surface area contributed by atoms with Gasteiger partial charge in [0.15, 0.2) is 0 Å². The highest BCUT2D eigenvalue weighted by atomic mass is 16.5. The van der Waals surface area contributed by atoms with E-state index in [-0.39, 0.29) is 17.7 Å². The van der Waals surface area contributed by atoms with Crippen LogP contribution in [0.15, 0.2) is 42.6 Å². The summed E-state index contributed by atoms with van der Waals surface area (Å²) in [5.41, 5.74) is 4.40. The second-order valence-corrected chi connectivity index (χ2v) is 8.89. The quantitative estimate of drug-likeness (QED) is 0.387. The summed E-state index contributed by atoms with van der Waals surface area (Å²) >= 11 is 0. The number of ether oxygens (including phenoxy) is 2. The first-order valence-corrected chi connectivity index (χ1v) is 12.2. The van der Waals surface area contributed by atoms with Crippen molar-refractivity contribution in [2.45, 2.75) is 32.3 Å². The molecule has 0 radical (unpaired) electrons. The molecule has 37 heavy (non-hydrogen) atoms. The second-order valence-electron chi connectivity index (χ2n) is 8.89. The zero-order chi connectivity index (χ0) is 26.2. The number of piperidine rings is 1. The minimum absolute atomic E-state index is 0.197. The third kappa shape index (κ3) is 6.66. The molecule has 2 aliphatic heterocycles. The Morgan fingerprint density at radius 2 is 2.00 bits per heavy atom. The van der Waals surface area contributed by atoms with Crippen molar-refractivity contribution < 1.29 is 23.9 Å². The van der Waals surface area contributed by atoms with E-state index in [4.69, 9.17) is 9.47 Å². The van der Waals surface area contributed by atoms with E-state index in [0.29, 0.717) is 31.5 Å². The first-order chi connectivity index (χ1) is 18.0. The number of nitrogens with zero attached hydrogens (tertiary/aromatic N) is 3. The number of carbonyl (C=O) groups is 3. The molecule has 3 aromatic rings. The van der Waals surface area contributed by atoms with Crippen molar-refractivity contribution in [1.82, 2.24) is 15.3 Å². The molecule has 1 unspecified atom stereocenters. The third-order valence-electron chi connectivity index (χ3n) is 6.35. The molecule has 0 saturated carbocycles. The molecule has 2 aliphatic rings. The Morgan fingerprint density at radius 3 is 2.68 bits per heavy atom. The molecule has 2 aromatic heterocycles. The van der Waals surface area contributed by atoms with E-state index in [0.717, 1.165) is 59.8 Å². The molecule has 4 heterocycles. The van der Waals surface area contributed by atoms with Gasteiger partial charge in [-0.25, -0.2) is 4.98 Å². The summed E-state index contributed by atoms with van der Waals surface area (Å²) in [6.07, 6.45) is 3.21. The Kier molecular flexibility index (Phi) is 8.76. The van der Waals surface area contributed by atoms with Crippen LogP contribution in [0, 0.1) is 6.92 Å². The smallest absolute Gasteiger partial charge is 0.234 e. The number of benzene rings is 1. The molecule has 5 rings (SSSR count). The molecule has 1 aromatic carbocycles. The van der Waals surface area contributed by atoms with E-state index in [2.05, 4.69) is 25.5 Å². The molecule has 10 heteroatoms. The van der Waals surface area contributed by atoms with Gasteiger partial charge >= 0.3 is 0 Å². The number of carbonyl (C=O) groups excluding carboxylic acids is 3. The van der Waals surface area contributed by atoms with Crippen LogP contribution in [0.4, 0.5) is 11.5 Å². The number of hydrogen-bond acceptors (Lipinski definition) is 8. The molecular weight excluding hydrogens is 474 g/mol. The average molecular weight is 506 g/mol. The number of pyridine rings is 2. The van der Waals surface area contributed by atoms with Crippen LogP contribution in [0.2, 0.25) is 0 Å². The summed E-state index contributed by atoms with van der Waals surface area (Å²) < 4.78 is 10.4. The Bertz CT molecular complexity index is 1260. The van der Waals surface area contributed by atoms with E-state index in [1.807, 2.05) is 43.3 Å². The third-order valence-corrected chi connectivity index (χ3v) is 6.35. The largest absolute Gasteiger partial charge is 0.380 e. The highest BCUT2D eigenvalue weighted by Gasteiger charge is 2.29. The SMILES string of the molecule is COCc1ccc2cc(C3CCC(=O)NC3=O)c(C)nc2c1.O=CNc1ccc(N2CCOCC2)nc1. The molecular formula is C27H31N5O5. The van der Waals surface area contributed by atoms with Crippen LogP contribution < -0.4 is 15.5 Å². The van der Waals surface area contributed by atoms with Gasteiger partial charge in [-0.05, 0) is 48.7 Å². The number of imide groups is 1. The maximum Gasteiger partial charge on any atom is 0.234 e. The number of rotatable bonds is 6. The molecule has 3 amide bonds. The predicted molar refractivity (Wildman–Crippen MR) is 139 cm³/mol. The average Bonchev–Trinajstić information content (AvgIpc) is 2.90. The van der Waals surface area contributed by atoms with Gasteiger partial charge < -0.3 is 19.7 Å². The van der Waals surface area contributed by atoms with Crippen LogP contribution >= 0.6 is 0 Å². The van der Waals surface area contributed by atoms with E-state index >= 15 is 0 Å². The molecule has 2 N–H and O–H groups in total. The lowest BCUT2D eigenvalue weighted by atomic mass is 9.89. The van der Waals surface area contributed by atoms with Crippen molar-refractivity contribution in [3.05, 3.63) is 59.4 Å². The van der Waals surface area contributed by atoms with Gasteiger partial charge in [0.25, 0.3) is 0 Å². The highest BCUT2D eigenvalue weighted by Crippen LogP contribution is 2.29. The first-order valence-electron chi connectivity index (χ1n) is 12.2. The second kappa shape index (κ2) is 12.4. The minimum Gasteiger partial charge on any atom is -0.380 e. The Balaban J connectivity index is 0.000000186. The van der Waals surface area contributed by atoms with E-state index in [9.17, 15) is 14.4 Å². The van der Waals surface area contributed by atoms with E-state index < -0.39 is 0 Å². The number of fused-ring (bicyclic) bond motifs is 1. The van der Waals surface area contributed by atoms with Crippen molar-refractivity contribution in [2.24, 2.45) is 0 Å². The molecule has 2 fully saturated rings. The zero-order valence-electron chi connectivity index (χ0n) is 21.0. The normalized spacial score (nSPS) is 17.6. The number of amides is 3. The van der Waals surface area contributed by atoms with Crippen LogP contribution in [0.1, 0.15) is 35.6 Å². The number of aryl methyl sites for hydroxylation is 1. The first kappa shape index (κ1) is 26.2. The summed E-state index contributed by atoms with van der Waals surface area (Å²) in [6, 6.07) is 11.7. The number of morpholine rings is 1. The van der Waals surface area contributed by atoms with Gasteiger partial charge in [0.2, 0.25) is 18.2 Å². The molecule has 0 aliphatic carbocycles. The van der Waals surface area contributed by atoms with Crippen LogP contribution in [0.25, 0.3) is 10.9 Å². The number of anilines is 2. The maximum atomic E-state index is 12.1. The Labute approximate surface area is 215 Å². The lowest BCUT2D eigenvalue weighted by Crippen LogP contribution is -2.39. The Hall–Kier alpha value is -3.89. The summed E-state index contributed by atoms with van der Waals surface area (Å²) in [6.45, 7) is 5.68. The predicted octanol–water partition coefficient (Wildman–Crippen LogP) is 2.70. The fraction of sp³-hybridized carbons (Fsp3) is 0.370. The van der Waals surface area contributed by atoms with Crippen molar-refractivity contribution in [3.63, 3.8) is 0 Å². The Morgan fingerprint density at radius 1 is 1.19 bits per heavy atom. The summed E-state index contributed by atoms with van der Waals surface area (Å²) in [5, 5.41) is 5.95. The van der Waals surface area contributed by atoms with Gasteiger partial charge in [0.1, 0.15) is 5.82 Å². The monoisotopic (exact) mass is 505 g/mol. The number of nitrogens with one attached hydrogen (secondary N) is 2. The lowest BCUT2D eigenvalue weighted by molar-refractivity contribution is -0.134.